The number of halogens is 1. The van der Waals surface area contributed by atoms with Gasteiger partial charge in [-0.3, -0.25) is 4.79 Å². The molecule has 0 radical (unpaired) electrons. The Labute approximate surface area is 138 Å². The molecule has 116 valence electrons. The van der Waals surface area contributed by atoms with Crippen LogP contribution in [0.15, 0.2) is 58.4 Å². The average Bonchev–Trinajstić information content (AvgIpc) is 2.90. The molecule has 2 aromatic carbocycles. The van der Waals surface area contributed by atoms with Gasteiger partial charge in [0.2, 0.25) is 0 Å². The summed E-state index contributed by atoms with van der Waals surface area (Å²) in [5.41, 5.74) is 2.40. The molecule has 0 saturated carbocycles. The number of nitrogens with one attached hydrogen (secondary N) is 1. The van der Waals surface area contributed by atoms with Crippen molar-refractivity contribution >= 4 is 34.6 Å². The van der Waals surface area contributed by atoms with Crippen LogP contribution in [0.1, 0.15) is 18.1 Å². The van der Waals surface area contributed by atoms with E-state index in [2.05, 4.69) is 17.2 Å². The van der Waals surface area contributed by atoms with Gasteiger partial charge in [-0.15, -0.1) is 0 Å². The lowest BCUT2D eigenvalue weighted by Crippen LogP contribution is -2.19. The third-order valence-corrected chi connectivity index (χ3v) is 4.33. The van der Waals surface area contributed by atoms with Gasteiger partial charge in [-0.05, 0) is 48.0 Å². The van der Waals surface area contributed by atoms with Gasteiger partial charge < -0.3 is 5.32 Å². The number of amides is 1. The van der Waals surface area contributed by atoms with E-state index in [1.807, 2.05) is 24.3 Å². The number of amidine groups is 1. The van der Waals surface area contributed by atoms with Crippen LogP contribution in [0, 0.1) is 5.82 Å². The number of aryl methyl sites for hydroxylation is 1. The van der Waals surface area contributed by atoms with Crippen molar-refractivity contribution in [2.45, 2.75) is 13.3 Å². The van der Waals surface area contributed by atoms with Gasteiger partial charge in [0.15, 0.2) is 5.17 Å². The topological polar surface area (TPSA) is 41.5 Å². The zero-order valence-electron chi connectivity index (χ0n) is 12.5. The summed E-state index contributed by atoms with van der Waals surface area (Å²) in [6.07, 6.45) is 2.51. The molecule has 0 unspecified atom stereocenters. The Morgan fingerprint density at radius 2 is 1.91 bits per heavy atom. The van der Waals surface area contributed by atoms with Crippen LogP contribution in [0.3, 0.4) is 0 Å². The lowest BCUT2D eigenvalue weighted by molar-refractivity contribution is -0.115. The molecule has 1 saturated heterocycles. The highest BCUT2D eigenvalue weighted by molar-refractivity contribution is 8.18. The highest BCUT2D eigenvalue weighted by Crippen LogP contribution is 2.28. The third kappa shape index (κ3) is 3.68. The molecule has 1 fully saturated rings. The average molecular weight is 326 g/mol. The van der Waals surface area contributed by atoms with Crippen molar-refractivity contribution in [1.82, 2.24) is 5.32 Å². The molecule has 2 aromatic rings. The smallest absolute Gasteiger partial charge is 0.264 e. The van der Waals surface area contributed by atoms with Crippen molar-refractivity contribution in [3.05, 3.63) is 70.4 Å². The van der Waals surface area contributed by atoms with Crippen molar-refractivity contribution in [2.24, 2.45) is 4.99 Å². The Bertz CT molecular complexity index is 797. The summed E-state index contributed by atoms with van der Waals surface area (Å²) in [5, 5.41) is 3.21. The van der Waals surface area contributed by atoms with E-state index in [1.54, 1.807) is 18.2 Å². The lowest BCUT2D eigenvalue weighted by atomic mass is 10.2. The minimum absolute atomic E-state index is 0.262. The normalized spacial score (nSPS) is 17.7. The predicted octanol–water partition coefficient (Wildman–Crippen LogP) is 4.28. The summed E-state index contributed by atoms with van der Waals surface area (Å²) >= 11 is 1.21. The fourth-order valence-corrected chi connectivity index (χ4v) is 2.97. The second-order valence-electron chi connectivity index (χ2n) is 5.02. The molecule has 0 atom stereocenters. The molecule has 0 aromatic heterocycles. The van der Waals surface area contributed by atoms with E-state index in [9.17, 15) is 9.18 Å². The van der Waals surface area contributed by atoms with Crippen LogP contribution >= 0.6 is 11.8 Å². The second kappa shape index (κ2) is 6.79. The van der Waals surface area contributed by atoms with Gasteiger partial charge in [0.1, 0.15) is 5.82 Å². The van der Waals surface area contributed by atoms with E-state index in [4.69, 9.17) is 0 Å². The van der Waals surface area contributed by atoms with Crippen LogP contribution < -0.4 is 5.32 Å². The van der Waals surface area contributed by atoms with E-state index >= 15 is 0 Å². The standard InChI is InChI=1S/C18H15FN2OS/c1-2-12-7-9-14(10-8-12)20-18-21-17(22)16(23-18)11-13-5-3-4-6-15(13)19/h3-11H,2H2,1H3,(H,20,21,22)/b16-11-. The molecule has 1 amide bonds. The molecule has 0 spiro atoms. The van der Waals surface area contributed by atoms with Crippen LogP contribution in [0.25, 0.3) is 6.08 Å². The van der Waals surface area contributed by atoms with E-state index in [0.717, 1.165) is 12.1 Å². The van der Waals surface area contributed by atoms with Crippen molar-refractivity contribution in [2.75, 3.05) is 0 Å². The monoisotopic (exact) mass is 326 g/mol. The van der Waals surface area contributed by atoms with Crippen LogP contribution in [0.4, 0.5) is 10.1 Å². The van der Waals surface area contributed by atoms with Crippen molar-refractivity contribution < 1.29 is 9.18 Å². The second-order valence-corrected chi connectivity index (χ2v) is 6.05. The largest absolute Gasteiger partial charge is 0.300 e. The van der Waals surface area contributed by atoms with Gasteiger partial charge in [0.25, 0.3) is 5.91 Å². The SMILES string of the molecule is CCc1ccc(N=C2NC(=O)/C(=C/c3ccccc3F)S2)cc1. The number of carbonyl (C=O) groups is 1. The van der Waals surface area contributed by atoms with Gasteiger partial charge in [-0.25, -0.2) is 9.38 Å². The number of nitrogens with zero attached hydrogens (tertiary/aromatic N) is 1. The fraction of sp³-hybridized carbons (Fsp3) is 0.111. The molecule has 1 heterocycles. The lowest BCUT2D eigenvalue weighted by Gasteiger charge is -1.98. The summed E-state index contributed by atoms with van der Waals surface area (Å²) in [5.74, 6) is -0.615. The van der Waals surface area contributed by atoms with Gasteiger partial charge in [-0.1, -0.05) is 37.3 Å². The first-order chi connectivity index (χ1) is 11.2. The van der Waals surface area contributed by atoms with E-state index in [-0.39, 0.29) is 11.7 Å². The molecule has 5 heteroatoms. The number of hydrogen-bond acceptors (Lipinski definition) is 3. The number of rotatable bonds is 3. The number of thioether (sulfide) groups is 1. The maximum Gasteiger partial charge on any atom is 0.264 e. The zero-order chi connectivity index (χ0) is 16.2. The molecule has 0 aliphatic carbocycles. The van der Waals surface area contributed by atoms with Gasteiger partial charge in [0, 0.05) is 5.56 Å². The predicted molar refractivity (Wildman–Crippen MR) is 93.0 cm³/mol. The first-order valence-electron chi connectivity index (χ1n) is 7.29. The number of carbonyl (C=O) groups excluding carboxylic acids is 1. The molecule has 1 N–H and O–H groups in total. The first-order valence-corrected chi connectivity index (χ1v) is 8.10. The van der Waals surface area contributed by atoms with Crippen molar-refractivity contribution in [3.63, 3.8) is 0 Å². The quantitative estimate of drug-likeness (QED) is 0.855. The summed E-state index contributed by atoms with van der Waals surface area (Å²) in [4.78, 5) is 16.8. The number of benzene rings is 2. The molecule has 3 rings (SSSR count). The summed E-state index contributed by atoms with van der Waals surface area (Å²) in [6.45, 7) is 2.09. The van der Waals surface area contributed by atoms with Gasteiger partial charge in [-0.2, -0.15) is 0 Å². The Balaban J connectivity index is 1.81. The maximum absolute atomic E-state index is 13.7. The van der Waals surface area contributed by atoms with Crippen LogP contribution in [0.5, 0.6) is 0 Å². The molecule has 3 nitrogen and oxygen atoms in total. The summed E-state index contributed by atoms with van der Waals surface area (Å²) < 4.78 is 13.7. The summed E-state index contributed by atoms with van der Waals surface area (Å²) in [7, 11) is 0. The van der Waals surface area contributed by atoms with Crippen LogP contribution in [-0.4, -0.2) is 11.1 Å². The molecule has 23 heavy (non-hydrogen) atoms. The minimum atomic E-state index is -0.353. The highest BCUT2D eigenvalue weighted by atomic mass is 32.2. The maximum atomic E-state index is 13.7. The fourth-order valence-electron chi connectivity index (χ4n) is 2.14. The molecular weight excluding hydrogens is 311 g/mol. The van der Waals surface area contributed by atoms with Crippen LogP contribution in [0.2, 0.25) is 0 Å². The Hall–Kier alpha value is -2.40. The molecular formula is C18H15FN2OS. The van der Waals surface area contributed by atoms with Crippen LogP contribution in [-0.2, 0) is 11.2 Å². The summed E-state index contributed by atoms with van der Waals surface area (Å²) in [6, 6.07) is 14.2. The van der Waals surface area contributed by atoms with Crippen molar-refractivity contribution in [3.8, 4) is 0 Å². The minimum Gasteiger partial charge on any atom is -0.300 e. The molecule has 1 aliphatic heterocycles. The number of aliphatic imine (C=N–C) groups is 1. The van der Waals surface area contributed by atoms with E-state index < -0.39 is 0 Å². The van der Waals surface area contributed by atoms with Gasteiger partial charge in [0.05, 0.1) is 10.6 Å². The molecule has 1 aliphatic rings. The third-order valence-electron chi connectivity index (χ3n) is 3.42. The first kappa shape index (κ1) is 15.5. The highest BCUT2D eigenvalue weighted by Gasteiger charge is 2.24. The number of hydrogen-bond donors (Lipinski definition) is 1. The van der Waals surface area contributed by atoms with Crippen molar-refractivity contribution in [1.29, 1.82) is 0 Å². The Morgan fingerprint density at radius 1 is 1.17 bits per heavy atom. The Morgan fingerprint density at radius 3 is 2.61 bits per heavy atom. The van der Waals surface area contributed by atoms with E-state index in [1.165, 1.54) is 29.5 Å². The molecule has 0 bridgehead atoms. The Kier molecular flexibility index (Phi) is 4.57. The van der Waals surface area contributed by atoms with E-state index in [0.29, 0.717) is 15.6 Å². The zero-order valence-corrected chi connectivity index (χ0v) is 13.4. The van der Waals surface area contributed by atoms with Gasteiger partial charge >= 0.3 is 0 Å².